The summed E-state index contributed by atoms with van der Waals surface area (Å²) in [5.74, 6) is 0. The van der Waals surface area contributed by atoms with Crippen molar-refractivity contribution in [3.05, 3.63) is 0 Å². The number of hydrogen-bond donors (Lipinski definition) is 1. The van der Waals surface area contributed by atoms with Crippen molar-refractivity contribution in [2.75, 3.05) is 0 Å². The normalized spacial score (nSPS) is 13.8. The molecule has 0 aliphatic heterocycles. The van der Waals surface area contributed by atoms with E-state index in [1.165, 1.54) is 0 Å². The largest absolute Gasteiger partial charge is 0.410 e. The van der Waals surface area contributed by atoms with Crippen LogP contribution in [0, 0.1) is 0 Å². The molecule has 0 aromatic carbocycles. The third kappa shape index (κ3) is 5.68. The van der Waals surface area contributed by atoms with Gasteiger partial charge < -0.3 is 5.21 Å². The van der Waals surface area contributed by atoms with Gasteiger partial charge in [-0.1, -0.05) is 16.8 Å². The standard InChI is InChI=1S/C4H5ClF3NO/c5-3(9-10)1-2-4(6,7)8/h10H,1-2H2. The van der Waals surface area contributed by atoms with Crippen molar-refractivity contribution < 1.29 is 18.4 Å². The molecule has 0 aromatic heterocycles. The molecule has 0 rings (SSSR count). The van der Waals surface area contributed by atoms with Gasteiger partial charge in [0.05, 0.1) is 0 Å². The minimum atomic E-state index is -4.25. The minimum absolute atomic E-state index is 0.433. The van der Waals surface area contributed by atoms with Crippen molar-refractivity contribution in [2.24, 2.45) is 5.16 Å². The molecule has 6 heteroatoms. The summed E-state index contributed by atoms with van der Waals surface area (Å²) in [6, 6.07) is 0. The van der Waals surface area contributed by atoms with Crippen LogP contribution in [-0.2, 0) is 0 Å². The second kappa shape index (κ2) is 3.65. The monoisotopic (exact) mass is 175 g/mol. The molecule has 0 saturated heterocycles. The molecule has 0 heterocycles. The fourth-order valence-electron chi connectivity index (χ4n) is 0.295. The van der Waals surface area contributed by atoms with Gasteiger partial charge in [0.1, 0.15) is 5.17 Å². The second-order valence-corrected chi connectivity index (χ2v) is 2.03. The Bertz CT molecular complexity index is 133. The van der Waals surface area contributed by atoms with Crippen LogP contribution in [-0.4, -0.2) is 16.6 Å². The van der Waals surface area contributed by atoms with Crippen LogP contribution in [0.1, 0.15) is 12.8 Å². The van der Waals surface area contributed by atoms with E-state index in [0.717, 1.165) is 0 Å². The summed E-state index contributed by atoms with van der Waals surface area (Å²) in [6.07, 6.45) is -5.78. The lowest BCUT2D eigenvalue weighted by Crippen LogP contribution is -2.08. The molecule has 2 nitrogen and oxygen atoms in total. The van der Waals surface area contributed by atoms with Crippen molar-refractivity contribution in [2.45, 2.75) is 19.0 Å². The maximum Gasteiger partial charge on any atom is 0.389 e. The van der Waals surface area contributed by atoms with E-state index in [4.69, 9.17) is 16.8 Å². The SMILES string of the molecule is ON=C(Cl)CCC(F)(F)F. The van der Waals surface area contributed by atoms with Gasteiger partial charge in [-0.25, -0.2) is 0 Å². The van der Waals surface area contributed by atoms with Gasteiger partial charge in [0.2, 0.25) is 0 Å². The van der Waals surface area contributed by atoms with Crippen molar-refractivity contribution in [3.8, 4) is 0 Å². The Hall–Kier alpha value is -0.450. The molecular formula is C4H5ClF3NO. The molecule has 0 aromatic rings. The van der Waals surface area contributed by atoms with E-state index in [-0.39, 0.29) is 0 Å². The Morgan fingerprint density at radius 1 is 1.50 bits per heavy atom. The molecular weight excluding hydrogens is 170 g/mol. The lowest BCUT2D eigenvalue weighted by Gasteiger charge is -2.02. The third-order valence-electron chi connectivity index (χ3n) is 0.723. The first kappa shape index (κ1) is 9.55. The number of nitrogens with zero attached hydrogens (tertiary/aromatic N) is 1. The number of halogens is 4. The molecule has 0 radical (unpaired) electrons. The van der Waals surface area contributed by atoms with Crippen LogP contribution in [0.2, 0.25) is 0 Å². The second-order valence-electron chi connectivity index (χ2n) is 1.59. The fraction of sp³-hybridized carbons (Fsp3) is 0.750. The Morgan fingerprint density at radius 3 is 2.30 bits per heavy atom. The highest BCUT2D eigenvalue weighted by molar-refractivity contribution is 6.65. The number of oxime groups is 1. The summed E-state index contributed by atoms with van der Waals surface area (Å²) in [7, 11) is 0. The minimum Gasteiger partial charge on any atom is -0.410 e. The van der Waals surface area contributed by atoms with Gasteiger partial charge in [-0.3, -0.25) is 0 Å². The Morgan fingerprint density at radius 2 is 2.00 bits per heavy atom. The molecule has 1 N–H and O–H groups in total. The van der Waals surface area contributed by atoms with Gasteiger partial charge in [0.25, 0.3) is 0 Å². The average molecular weight is 176 g/mol. The van der Waals surface area contributed by atoms with Crippen LogP contribution >= 0.6 is 11.6 Å². The summed E-state index contributed by atoms with van der Waals surface area (Å²) in [5.41, 5.74) is 0. The van der Waals surface area contributed by atoms with Crippen LogP contribution in [0.15, 0.2) is 5.16 Å². The molecule has 0 atom stereocenters. The number of hydrogen-bond acceptors (Lipinski definition) is 2. The van der Waals surface area contributed by atoms with E-state index in [9.17, 15) is 13.2 Å². The lowest BCUT2D eigenvalue weighted by molar-refractivity contribution is -0.132. The zero-order chi connectivity index (χ0) is 8.20. The molecule has 0 amide bonds. The van der Waals surface area contributed by atoms with Crippen molar-refractivity contribution in [1.82, 2.24) is 0 Å². The highest BCUT2D eigenvalue weighted by Gasteiger charge is 2.26. The average Bonchev–Trinajstić information content (AvgIpc) is 1.81. The zero-order valence-electron chi connectivity index (χ0n) is 4.82. The summed E-state index contributed by atoms with van der Waals surface area (Å²) >= 11 is 4.97. The van der Waals surface area contributed by atoms with Gasteiger partial charge in [-0.2, -0.15) is 13.2 Å². The molecule has 10 heavy (non-hydrogen) atoms. The number of rotatable bonds is 2. The quantitative estimate of drug-likeness (QED) is 0.390. The summed E-state index contributed by atoms with van der Waals surface area (Å²) in [4.78, 5) is 0. The Kier molecular flexibility index (Phi) is 3.49. The predicted octanol–water partition coefficient (Wildman–Crippen LogP) is 2.36. The summed E-state index contributed by atoms with van der Waals surface area (Å²) in [5, 5.41) is 9.76. The van der Waals surface area contributed by atoms with Crippen molar-refractivity contribution >= 4 is 16.8 Å². The first-order valence-corrected chi connectivity index (χ1v) is 2.76. The third-order valence-corrected chi connectivity index (χ3v) is 0.988. The van der Waals surface area contributed by atoms with Crippen LogP contribution in [0.25, 0.3) is 0 Å². The van der Waals surface area contributed by atoms with Crippen molar-refractivity contribution in [1.29, 1.82) is 0 Å². The van der Waals surface area contributed by atoms with Crippen LogP contribution in [0.4, 0.5) is 13.2 Å². The topological polar surface area (TPSA) is 32.6 Å². The fourth-order valence-corrected chi connectivity index (χ4v) is 0.389. The smallest absolute Gasteiger partial charge is 0.389 e. The molecule has 60 valence electrons. The molecule has 0 bridgehead atoms. The summed E-state index contributed by atoms with van der Waals surface area (Å²) < 4.78 is 34.1. The van der Waals surface area contributed by atoms with E-state index in [0.29, 0.717) is 0 Å². The predicted molar refractivity (Wildman–Crippen MR) is 30.4 cm³/mol. The molecule has 0 saturated carbocycles. The van der Waals surface area contributed by atoms with E-state index >= 15 is 0 Å². The van der Waals surface area contributed by atoms with E-state index in [2.05, 4.69) is 5.16 Å². The summed E-state index contributed by atoms with van der Waals surface area (Å²) in [6.45, 7) is 0. The molecule has 0 spiro atoms. The molecule has 0 aliphatic carbocycles. The lowest BCUT2D eigenvalue weighted by atomic mass is 10.3. The zero-order valence-corrected chi connectivity index (χ0v) is 5.58. The van der Waals surface area contributed by atoms with Gasteiger partial charge in [-0.05, 0) is 0 Å². The van der Waals surface area contributed by atoms with Crippen LogP contribution in [0.3, 0.4) is 0 Å². The molecule has 0 fully saturated rings. The van der Waals surface area contributed by atoms with Gasteiger partial charge in [0.15, 0.2) is 0 Å². The maximum absolute atomic E-state index is 11.4. The van der Waals surface area contributed by atoms with Gasteiger partial charge >= 0.3 is 6.18 Å². The highest BCUT2D eigenvalue weighted by Crippen LogP contribution is 2.21. The number of alkyl halides is 3. The first-order valence-electron chi connectivity index (χ1n) is 2.39. The first-order chi connectivity index (χ1) is 4.45. The van der Waals surface area contributed by atoms with E-state index in [1.54, 1.807) is 0 Å². The maximum atomic E-state index is 11.4. The van der Waals surface area contributed by atoms with E-state index in [1.807, 2.05) is 0 Å². The van der Waals surface area contributed by atoms with E-state index < -0.39 is 24.2 Å². The Balaban J connectivity index is 3.56. The Labute approximate surface area is 60.3 Å². The molecule has 0 unspecified atom stereocenters. The highest BCUT2D eigenvalue weighted by atomic mass is 35.5. The van der Waals surface area contributed by atoms with Crippen LogP contribution < -0.4 is 0 Å². The van der Waals surface area contributed by atoms with Gasteiger partial charge in [-0.15, -0.1) is 0 Å². The van der Waals surface area contributed by atoms with Gasteiger partial charge in [0, 0.05) is 12.8 Å². The van der Waals surface area contributed by atoms with Crippen LogP contribution in [0.5, 0.6) is 0 Å². The molecule has 0 aliphatic rings. The van der Waals surface area contributed by atoms with Crippen molar-refractivity contribution in [3.63, 3.8) is 0 Å².